The predicted molar refractivity (Wildman–Crippen MR) is 62.3 cm³/mol. The van der Waals surface area contributed by atoms with Gasteiger partial charge < -0.3 is 10.4 Å². The molecule has 1 amide bonds. The fourth-order valence-corrected chi connectivity index (χ4v) is 1.41. The topological polar surface area (TPSA) is 79.3 Å². The lowest BCUT2D eigenvalue weighted by Gasteiger charge is -2.17. The van der Waals surface area contributed by atoms with Gasteiger partial charge in [-0.3, -0.25) is 9.78 Å². The van der Waals surface area contributed by atoms with E-state index in [0.717, 1.165) is 0 Å². The number of carboxylic acid groups (broad SMARTS) is 1. The molecule has 5 nitrogen and oxygen atoms in total. The van der Waals surface area contributed by atoms with Crippen molar-refractivity contribution >= 4 is 11.9 Å². The Labute approximate surface area is 99.9 Å². The summed E-state index contributed by atoms with van der Waals surface area (Å²) in [5, 5.41) is 11.4. The Balaban J connectivity index is 2.57. The number of pyridine rings is 1. The van der Waals surface area contributed by atoms with Gasteiger partial charge in [0.1, 0.15) is 6.04 Å². The second-order valence-corrected chi connectivity index (χ2v) is 4.13. The maximum Gasteiger partial charge on any atom is 0.326 e. The van der Waals surface area contributed by atoms with Gasteiger partial charge in [-0.05, 0) is 18.1 Å². The number of carboxylic acids is 1. The Morgan fingerprint density at radius 3 is 2.59 bits per heavy atom. The van der Waals surface area contributed by atoms with Crippen LogP contribution < -0.4 is 5.32 Å². The molecule has 0 aliphatic rings. The first-order valence-corrected chi connectivity index (χ1v) is 5.42. The zero-order chi connectivity index (χ0) is 12.8. The van der Waals surface area contributed by atoms with Crippen molar-refractivity contribution in [1.29, 1.82) is 0 Å². The molecular weight excluding hydrogens is 220 g/mol. The standard InChI is InChI=1S/C12H16N2O3/c1-8(2)11(12(16)17)14-10(15)7-9-5-3-4-6-13-9/h3-6,8,11H,7H2,1-2H3,(H,14,15)(H,16,17). The molecule has 0 radical (unpaired) electrons. The molecule has 92 valence electrons. The lowest BCUT2D eigenvalue weighted by Crippen LogP contribution is -2.44. The average Bonchev–Trinajstić information content (AvgIpc) is 2.26. The number of carbonyl (C=O) groups excluding carboxylic acids is 1. The van der Waals surface area contributed by atoms with Crippen LogP contribution in [0.1, 0.15) is 19.5 Å². The first kappa shape index (κ1) is 13.2. The van der Waals surface area contributed by atoms with Crippen molar-refractivity contribution in [3.63, 3.8) is 0 Å². The van der Waals surface area contributed by atoms with Gasteiger partial charge in [0.05, 0.1) is 6.42 Å². The fraction of sp³-hybridized carbons (Fsp3) is 0.417. The highest BCUT2D eigenvalue weighted by Gasteiger charge is 2.23. The quantitative estimate of drug-likeness (QED) is 0.794. The third kappa shape index (κ3) is 4.22. The second-order valence-electron chi connectivity index (χ2n) is 4.13. The van der Waals surface area contributed by atoms with E-state index in [1.165, 1.54) is 0 Å². The first-order valence-electron chi connectivity index (χ1n) is 5.42. The summed E-state index contributed by atoms with van der Waals surface area (Å²) in [7, 11) is 0. The van der Waals surface area contributed by atoms with Gasteiger partial charge in [0.15, 0.2) is 0 Å². The Hall–Kier alpha value is -1.91. The normalized spacial score (nSPS) is 12.2. The summed E-state index contributed by atoms with van der Waals surface area (Å²) in [6, 6.07) is 4.42. The maximum absolute atomic E-state index is 11.6. The third-order valence-electron chi connectivity index (χ3n) is 2.32. The van der Waals surface area contributed by atoms with Gasteiger partial charge in [-0.1, -0.05) is 19.9 Å². The van der Waals surface area contributed by atoms with E-state index in [0.29, 0.717) is 5.69 Å². The second kappa shape index (κ2) is 5.98. The van der Waals surface area contributed by atoms with Gasteiger partial charge in [-0.2, -0.15) is 0 Å². The highest BCUT2D eigenvalue weighted by Crippen LogP contribution is 2.02. The molecule has 1 rings (SSSR count). The molecule has 0 saturated carbocycles. The van der Waals surface area contributed by atoms with Gasteiger partial charge in [0.25, 0.3) is 0 Å². The van der Waals surface area contributed by atoms with E-state index in [4.69, 9.17) is 5.11 Å². The number of hydrogen-bond donors (Lipinski definition) is 2. The van der Waals surface area contributed by atoms with Crippen LogP contribution >= 0.6 is 0 Å². The number of hydrogen-bond acceptors (Lipinski definition) is 3. The number of nitrogens with zero attached hydrogens (tertiary/aromatic N) is 1. The highest BCUT2D eigenvalue weighted by atomic mass is 16.4. The van der Waals surface area contributed by atoms with Gasteiger partial charge in [-0.15, -0.1) is 0 Å². The van der Waals surface area contributed by atoms with E-state index in [9.17, 15) is 9.59 Å². The molecule has 0 aliphatic heterocycles. The van der Waals surface area contributed by atoms with Crippen LogP contribution in [0.3, 0.4) is 0 Å². The number of rotatable bonds is 5. The molecule has 0 aromatic carbocycles. The summed E-state index contributed by atoms with van der Waals surface area (Å²) in [6.07, 6.45) is 1.69. The Morgan fingerprint density at radius 1 is 1.41 bits per heavy atom. The van der Waals surface area contributed by atoms with E-state index < -0.39 is 12.0 Å². The molecule has 0 aliphatic carbocycles. The van der Waals surface area contributed by atoms with Gasteiger partial charge in [0, 0.05) is 11.9 Å². The maximum atomic E-state index is 11.6. The molecule has 17 heavy (non-hydrogen) atoms. The molecule has 1 aromatic heterocycles. The smallest absolute Gasteiger partial charge is 0.326 e. The summed E-state index contributed by atoms with van der Waals surface area (Å²) in [4.78, 5) is 26.5. The van der Waals surface area contributed by atoms with Crippen LogP contribution in [-0.4, -0.2) is 28.0 Å². The SMILES string of the molecule is CC(C)C(NC(=O)Cc1ccccn1)C(=O)O. The fourth-order valence-electron chi connectivity index (χ4n) is 1.41. The minimum Gasteiger partial charge on any atom is -0.480 e. The van der Waals surface area contributed by atoms with Crippen LogP contribution in [0.15, 0.2) is 24.4 Å². The number of aliphatic carboxylic acids is 1. The van der Waals surface area contributed by atoms with Crippen molar-refractivity contribution in [3.8, 4) is 0 Å². The van der Waals surface area contributed by atoms with Crippen molar-refractivity contribution in [2.75, 3.05) is 0 Å². The molecule has 0 spiro atoms. The molecule has 1 heterocycles. The Kier molecular flexibility index (Phi) is 4.63. The zero-order valence-corrected chi connectivity index (χ0v) is 9.88. The van der Waals surface area contributed by atoms with Crippen LogP contribution in [0.5, 0.6) is 0 Å². The summed E-state index contributed by atoms with van der Waals surface area (Å²) in [5.74, 6) is -1.50. The average molecular weight is 236 g/mol. The predicted octanol–water partition coefficient (Wildman–Crippen LogP) is 0.849. The van der Waals surface area contributed by atoms with Crippen LogP contribution in [0, 0.1) is 5.92 Å². The zero-order valence-electron chi connectivity index (χ0n) is 9.88. The van der Waals surface area contributed by atoms with E-state index in [1.807, 2.05) is 0 Å². The molecule has 1 atom stereocenters. The molecule has 2 N–H and O–H groups in total. The molecular formula is C12H16N2O3. The largest absolute Gasteiger partial charge is 0.480 e. The lowest BCUT2D eigenvalue weighted by atomic mass is 10.0. The molecule has 0 bridgehead atoms. The minimum atomic E-state index is -1.02. The van der Waals surface area contributed by atoms with Crippen molar-refractivity contribution in [1.82, 2.24) is 10.3 Å². The lowest BCUT2D eigenvalue weighted by molar-refractivity contribution is -0.143. The number of nitrogens with one attached hydrogen (secondary N) is 1. The molecule has 0 fully saturated rings. The third-order valence-corrected chi connectivity index (χ3v) is 2.32. The molecule has 1 unspecified atom stereocenters. The van der Waals surface area contributed by atoms with E-state index in [2.05, 4.69) is 10.3 Å². The van der Waals surface area contributed by atoms with Crippen LogP contribution in [0.2, 0.25) is 0 Å². The number of carbonyl (C=O) groups is 2. The summed E-state index contributed by atoms with van der Waals surface area (Å²) in [5.41, 5.74) is 0.623. The summed E-state index contributed by atoms with van der Waals surface area (Å²) < 4.78 is 0. The van der Waals surface area contributed by atoms with E-state index in [-0.39, 0.29) is 18.2 Å². The van der Waals surface area contributed by atoms with Crippen LogP contribution in [0.25, 0.3) is 0 Å². The van der Waals surface area contributed by atoms with Crippen molar-refractivity contribution in [2.45, 2.75) is 26.3 Å². The van der Waals surface area contributed by atoms with Crippen LogP contribution in [0.4, 0.5) is 0 Å². The number of aromatic nitrogens is 1. The molecule has 0 saturated heterocycles. The molecule has 1 aromatic rings. The van der Waals surface area contributed by atoms with Crippen molar-refractivity contribution < 1.29 is 14.7 Å². The van der Waals surface area contributed by atoms with Gasteiger partial charge in [0.2, 0.25) is 5.91 Å². The minimum absolute atomic E-state index is 0.0946. The van der Waals surface area contributed by atoms with E-state index in [1.54, 1.807) is 38.2 Å². The van der Waals surface area contributed by atoms with E-state index >= 15 is 0 Å². The summed E-state index contributed by atoms with van der Waals surface area (Å²) in [6.45, 7) is 3.50. The summed E-state index contributed by atoms with van der Waals surface area (Å²) >= 11 is 0. The monoisotopic (exact) mass is 236 g/mol. The van der Waals surface area contributed by atoms with Crippen LogP contribution in [-0.2, 0) is 16.0 Å². The Morgan fingerprint density at radius 2 is 2.12 bits per heavy atom. The first-order chi connectivity index (χ1) is 8.00. The molecule has 5 heteroatoms. The highest BCUT2D eigenvalue weighted by molar-refractivity contribution is 5.84. The van der Waals surface area contributed by atoms with Gasteiger partial charge in [-0.25, -0.2) is 4.79 Å². The number of amides is 1. The van der Waals surface area contributed by atoms with Crippen molar-refractivity contribution in [2.24, 2.45) is 5.92 Å². The van der Waals surface area contributed by atoms with Crippen molar-refractivity contribution in [3.05, 3.63) is 30.1 Å². The Bertz CT molecular complexity index is 390. The van der Waals surface area contributed by atoms with Gasteiger partial charge >= 0.3 is 5.97 Å².